The minimum atomic E-state index is 0.830. The van der Waals surface area contributed by atoms with Crippen LogP contribution in [0.1, 0.15) is 19.4 Å². The molecule has 1 nitrogen and oxygen atoms in total. The lowest BCUT2D eigenvalue weighted by molar-refractivity contribution is 1.16. The first kappa shape index (κ1) is 13.1. The number of fused-ring (bicyclic) bond motifs is 2. The van der Waals surface area contributed by atoms with E-state index in [-0.39, 0.29) is 0 Å². The van der Waals surface area contributed by atoms with Gasteiger partial charge in [0.25, 0.3) is 0 Å². The highest BCUT2D eigenvalue weighted by Crippen LogP contribution is 2.33. The highest BCUT2D eigenvalue weighted by Gasteiger charge is 2.11. The molecule has 4 aromatic carbocycles. The van der Waals surface area contributed by atoms with Gasteiger partial charge in [0.1, 0.15) is 0 Å². The summed E-state index contributed by atoms with van der Waals surface area (Å²) in [5.41, 5.74) is 8.38. The lowest BCUT2D eigenvalue weighted by atomic mass is 9.90. The second-order valence-electron chi connectivity index (χ2n) is 5.87. The van der Waals surface area contributed by atoms with Crippen molar-refractivity contribution in [2.45, 2.75) is 20.3 Å². The molecule has 0 atom stereocenters. The molecule has 0 radical (unpaired) electrons. The summed E-state index contributed by atoms with van der Waals surface area (Å²) in [6, 6.07) is 17.3. The van der Waals surface area contributed by atoms with E-state index >= 15 is 0 Å². The van der Waals surface area contributed by atoms with E-state index in [9.17, 15) is 0 Å². The van der Waals surface area contributed by atoms with E-state index in [0.29, 0.717) is 0 Å². The normalized spacial score (nSPS) is 12.7. The van der Waals surface area contributed by atoms with Gasteiger partial charge in [-0.1, -0.05) is 49.4 Å². The molecule has 0 aliphatic rings. The lowest BCUT2D eigenvalue weighted by Crippen LogP contribution is -2.07. The molecule has 4 rings (SSSR count). The van der Waals surface area contributed by atoms with Crippen LogP contribution in [-0.4, -0.2) is 0 Å². The lowest BCUT2D eigenvalue weighted by Gasteiger charge is -2.14. The second-order valence-corrected chi connectivity index (χ2v) is 5.87. The van der Waals surface area contributed by atoms with Gasteiger partial charge in [0, 0.05) is 5.69 Å². The summed E-state index contributed by atoms with van der Waals surface area (Å²) >= 11 is 0. The Labute approximate surface area is 130 Å². The smallest absolute Gasteiger partial charge is 0.0326 e. The van der Waals surface area contributed by atoms with Gasteiger partial charge in [-0.2, -0.15) is 0 Å². The van der Waals surface area contributed by atoms with Gasteiger partial charge in [-0.15, -0.1) is 0 Å². The summed E-state index contributed by atoms with van der Waals surface area (Å²) < 4.78 is 0. The molecular formula is C21H19N. The van der Waals surface area contributed by atoms with Crippen molar-refractivity contribution in [1.82, 2.24) is 0 Å². The molecule has 108 valence electrons. The molecule has 0 amide bonds. The fourth-order valence-electron chi connectivity index (χ4n) is 3.76. The van der Waals surface area contributed by atoms with Gasteiger partial charge in [0.15, 0.2) is 0 Å². The number of anilines is 1. The molecule has 2 N–H and O–H groups in total. The zero-order chi connectivity index (χ0) is 15.3. The first-order chi connectivity index (χ1) is 10.7. The number of benzene rings is 4. The molecular weight excluding hydrogens is 266 g/mol. The average Bonchev–Trinajstić information content (AvgIpc) is 2.54. The SMILES string of the molecule is C/C=c1/c2cccc3cc(N)cc(c4cccc(CC)c14)c32. The van der Waals surface area contributed by atoms with Crippen LogP contribution in [0.4, 0.5) is 5.69 Å². The van der Waals surface area contributed by atoms with E-state index in [4.69, 9.17) is 5.73 Å². The molecule has 0 saturated heterocycles. The van der Waals surface area contributed by atoms with E-state index in [1.165, 1.54) is 43.1 Å². The first-order valence-electron chi connectivity index (χ1n) is 7.86. The predicted molar refractivity (Wildman–Crippen MR) is 98.1 cm³/mol. The fraction of sp³-hybridized carbons (Fsp3) is 0.143. The Morgan fingerprint density at radius 3 is 2.45 bits per heavy atom. The van der Waals surface area contributed by atoms with Crippen molar-refractivity contribution in [2.75, 3.05) is 5.73 Å². The topological polar surface area (TPSA) is 26.0 Å². The quantitative estimate of drug-likeness (QED) is 0.303. The van der Waals surface area contributed by atoms with Crippen LogP contribution in [0.15, 0.2) is 48.5 Å². The van der Waals surface area contributed by atoms with E-state index in [2.05, 4.69) is 68.5 Å². The third-order valence-electron chi connectivity index (χ3n) is 4.67. The van der Waals surface area contributed by atoms with Crippen LogP contribution in [0.5, 0.6) is 0 Å². The Morgan fingerprint density at radius 1 is 0.909 bits per heavy atom. The van der Waals surface area contributed by atoms with Crippen molar-refractivity contribution >= 4 is 44.1 Å². The van der Waals surface area contributed by atoms with Gasteiger partial charge < -0.3 is 5.73 Å². The van der Waals surface area contributed by atoms with Gasteiger partial charge in [-0.3, -0.25) is 0 Å². The molecule has 0 saturated carbocycles. The number of nitrogen functional groups attached to an aromatic ring is 1. The van der Waals surface area contributed by atoms with Crippen molar-refractivity contribution in [3.8, 4) is 0 Å². The van der Waals surface area contributed by atoms with E-state index in [1.54, 1.807) is 0 Å². The van der Waals surface area contributed by atoms with Gasteiger partial charge in [0.2, 0.25) is 0 Å². The van der Waals surface area contributed by atoms with Crippen molar-refractivity contribution in [3.63, 3.8) is 0 Å². The van der Waals surface area contributed by atoms with Crippen LogP contribution in [0.3, 0.4) is 0 Å². The van der Waals surface area contributed by atoms with Crippen LogP contribution in [-0.2, 0) is 6.42 Å². The minimum absolute atomic E-state index is 0.830. The molecule has 0 aliphatic carbocycles. The molecule has 22 heavy (non-hydrogen) atoms. The number of hydrogen-bond acceptors (Lipinski definition) is 1. The van der Waals surface area contributed by atoms with Gasteiger partial charge in [-0.05, 0) is 68.6 Å². The molecule has 0 heterocycles. The van der Waals surface area contributed by atoms with Gasteiger partial charge in [0.05, 0.1) is 0 Å². The molecule has 0 spiro atoms. The molecule has 0 bridgehead atoms. The predicted octanol–water partition coefficient (Wildman–Crippen LogP) is 4.81. The Morgan fingerprint density at radius 2 is 1.68 bits per heavy atom. The fourth-order valence-corrected chi connectivity index (χ4v) is 3.76. The Hall–Kier alpha value is -2.54. The molecule has 0 aromatic heterocycles. The Bertz CT molecular complexity index is 1070. The molecule has 4 aromatic rings. The minimum Gasteiger partial charge on any atom is -0.399 e. The van der Waals surface area contributed by atoms with E-state index in [1.807, 2.05) is 0 Å². The summed E-state index contributed by atoms with van der Waals surface area (Å²) in [5, 5.41) is 9.16. The number of hydrogen-bond donors (Lipinski definition) is 1. The van der Waals surface area contributed by atoms with Crippen molar-refractivity contribution in [1.29, 1.82) is 0 Å². The summed E-state index contributed by atoms with van der Waals surface area (Å²) in [5.74, 6) is 0. The third-order valence-corrected chi connectivity index (χ3v) is 4.67. The maximum absolute atomic E-state index is 6.15. The summed E-state index contributed by atoms with van der Waals surface area (Å²) in [4.78, 5) is 0. The van der Waals surface area contributed by atoms with E-state index in [0.717, 1.165) is 12.1 Å². The largest absolute Gasteiger partial charge is 0.399 e. The Balaban J connectivity index is 2.47. The van der Waals surface area contributed by atoms with Crippen molar-refractivity contribution in [3.05, 3.63) is 59.3 Å². The summed E-state index contributed by atoms with van der Waals surface area (Å²) in [7, 11) is 0. The summed E-state index contributed by atoms with van der Waals surface area (Å²) in [6.07, 6.45) is 3.28. The standard InChI is InChI=1S/C21H19N/c1-3-13-7-5-10-18-19-12-15(22)11-14-8-6-9-17(21(14)19)16(4-2)20(13)18/h4-12H,3,22H2,1-2H3/b16-4-. The molecule has 1 heteroatoms. The highest BCUT2D eigenvalue weighted by molar-refractivity contribution is 6.23. The van der Waals surface area contributed by atoms with Gasteiger partial charge >= 0.3 is 0 Å². The highest BCUT2D eigenvalue weighted by atomic mass is 14.5. The van der Waals surface area contributed by atoms with Crippen molar-refractivity contribution < 1.29 is 0 Å². The number of rotatable bonds is 1. The molecule has 0 fully saturated rings. The number of aryl methyl sites for hydroxylation is 1. The second kappa shape index (κ2) is 4.74. The molecule has 0 aliphatic heterocycles. The van der Waals surface area contributed by atoms with E-state index < -0.39 is 0 Å². The van der Waals surface area contributed by atoms with Crippen LogP contribution in [0.25, 0.3) is 38.4 Å². The van der Waals surface area contributed by atoms with Gasteiger partial charge in [-0.25, -0.2) is 0 Å². The van der Waals surface area contributed by atoms with Crippen molar-refractivity contribution in [2.24, 2.45) is 0 Å². The van der Waals surface area contributed by atoms with Crippen LogP contribution in [0, 0.1) is 0 Å². The monoisotopic (exact) mass is 285 g/mol. The Kier molecular flexibility index (Phi) is 2.83. The first-order valence-corrected chi connectivity index (χ1v) is 7.86. The van der Waals surface area contributed by atoms with Crippen LogP contribution >= 0.6 is 0 Å². The average molecular weight is 285 g/mol. The third kappa shape index (κ3) is 1.66. The summed E-state index contributed by atoms with van der Waals surface area (Å²) in [6.45, 7) is 4.35. The molecule has 0 unspecified atom stereocenters. The zero-order valence-corrected chi connectivity index (χ0v) is 13.0. The maximum Gasteiger partial charge on any atom is 0.0326 e. The zero-order valence-electron chi connectivity index (χ0n) is 13.0. The number of nitrogens with two attached hydrogens (primary N) is 1. The van der Waals surface area contributed by atoms with Crippen LogP contribution < -0.4 is 11.0 Å². The van der Waals surface area contributed by atoms with Crippen LogP contribution in [0.2, 0.25) is 0 Å². The maximum atomic E-state index is 6.15.